The second-order valence-corrected chi connectivity index (χ2v) is 7.06. The monoisotopic (exact) mass is 337 g/mol. The number of β-amino-alcohol motifs (C(OH)–C–C–N with tert-alkyl or cyclic N) is 1. The van der Waals surface area contributed by atoms with Gasteiger partial charge in [-0.1, -0.05) is 15.9 Å². The Bertz CT molecular complexity index is 549. The summed E-state index contributed by atoms with van der Waals surface area (Å²) < 4.78 is 39.8. The maximum atomic E-state index is 13.7. The van der Waals surface area contributed by atoms with Crippen LogP contribution >= 0.6 is 15.9 Å². The van der Waals surface area contributed by atoms with Gasteiger partial charge in [0.1, 0.15) is 10.7 Å². The van der Waals surface area contributed by atoms with Crippen LogP contribution in [0.25, 0.3) is 0 Å². The molecule has 1 unspecified atom stereocenters. The van der Waals surface area contributed by atoms with Crippen LogP contribution in [0.15, 0.2) is 27.6 Å². The first-order valence-electron chi connectivity index (χ1n) is 5.54. The molecule has 1 fully saturated rings. The lowest BCUT2D eigenvalue weighted by atomic mass is 10.1. The molecular weight excluding hydrogens is 325 g/mol. The van der Waals surface area contributed by atoms with Gasteiger partial charge >= 0.3 is 0 Å². The molecule has 100 valence electrons. The van der Waals surface area contributed by atoms with Crippen molar-refractivity contribution in [3.63, 3.8) is 0 Å². The fourth-order valence-corrected chi connectivity index (χ4v) is 3.86. The number of hydrogen-bond acceptors (Lipinski definition) is 3. The number of hydrogen-bond donors (Lipinski definition) is 1. The molecule has 0 amide bonds. The first kappa shape index (κ1) is 13.9. The topological polar surface area (TPSA) is 57.6 Å². The van der Waals surface area contributed by atoms with Crippen LogP contribution in [0.5, 0.6) is 0 Å². The van der Waals surface area contributed by atoms with Gasteiger partial charge in [-0.25, -0.2) is 12.8 Å². The normalized spacial score (nSPS) is 22.1. The summed E-state index contributed by atoms with van der Waals surface area (Å²) >= 11 is 3.08. The fourth-order valence-electron chi connectivity index (χ4n) is 1.96. The number of piperidine rings is 1. The lowest BCUT2D eigenvalue weighted by molar-refractivity contribution is 0.108. The Hall–Kier alpha value is -0.500. The second-order valence-electron chi connectivity index (χ2n) is 4.23. The molecule has 1 aromatic rings. The first-order chi connectivity index (χ1) is 8.41. The fraction of sp³-hybridized carbons (Fsp3) is 0.455. The van der Waals surface area contributed by atoms with Gasteiger partial charge in [-0.3, -0.25) is 0 Å². The van der Waals surface area contributed by atoms with E-state index in [0.29, 0.717) is 23.9 Å². The zero-order chi connectivity index (χ0) is 13.3. The summed E-state index contributed by atoms with van der Waals surface area (Å²) in [5.74, 6) is -0.788. The van der Waals surface area contributed by atoms with Crippen molar-refractivity contribution in [1.82, 2.24) is 4.31 Å². The van der Waals surface area contributed by atoms with Gasteiger partial charge in [-0.2, -0.15) is 4.31 Å². The van der Waals surface area contributed by atoms with Gasteiger partial charge in [0.15, 0.2) is 0 Å². The number of rotatable bonds is 2. The molecule has 1 aromatic carbocycles. The van der Waals surface area contributed by atoms with Crippen molar-refractivity contribution in [1.29, 1.82) is 0 Å². The average molecular weight is 338 g/mol. The van der Waals surface area contributed by atoms with E-state index < -0.39 is 21.9 Å². The molecule has 0 aliphatic carbocycles. The summed E-state index contributed by atoms with van der Waals surface area (Å²) in [7, 11) is -3.86. The van der Waals surface area contributed by atoms with Gasteiger partial charge in [0.05, 0.1) is 6.10 Å². The Balaban J connectivity index is 2.35. The van der Waals surface area contributed by atoms with Crippen LogP contribution in [0.2, 0.25) is 0 Å². The molecule has 18 heavy (non-hydrogen) atoms. The van der Waals surface area contributed by atoms with Crippen molar-refractivity contribution >= 4 is 26.0 Å². The molecule has 1 saturated heterocycles. The van der Waals surface area contributed by atoms with Crippen molar-refractivity contribution in [2.75, 3.05) is 13.1 Å². The molecule has 1 aliphatic heterocycles. The number of benzene rings is 1. The SMILES string of the molecule is O=S(=O)(c1ccc(Br)cc1F)N1CCCC(O)C1. The number of aliphatic hydroxyl groups excluding tert-OH is 1. The van der Waals surface area contributed by atoms with Crippen LogP contribution in [0.4, 0.5) is 4.39 Å². The third kappa shape index (κ3) is 2.74. The molecule has 4 nitrogen and oxygen atoms in total. The summed E-state index contributed by atoms with van der Waals surface area (Å²) in [5.41, 5.74) is 0. The molecule has 2 rings (SSSR count). The molecule has 7 heteroatoms. The molecule has 1 heterocycles. The minimum absolute atomic E-state index is 0.0256. The maximum Gasteiger partial charge on any atom is 0.246 e. The Kier molecular flexibility index (Phi) is 4.05. The van der Waals surface area contributed by atoms with Crippen molar-refractivity contribution in [2.24, 2.45) is 0 Å². The highest BCUT2D eigenvalue weighted by atomic mass is 79.9. The standard InChI is InChI=1S/C11H13BrFNO3S/c12-8-3-4-11(10(13)6-8)18(16,17)14-5-1-2-9(15)7-14/h3-4,6,9,15H,1-2,5,7H2. The van der Waals surface area contributed by atoms with Gasteiger partial charge in [-0.05, 0) is 31.0 Å². The third-order valence-electron chi connectivity index (χ3n) is 2.87. The molecule has 1 N–H and O–H groups in total. The molecule has 0 spiro atoms. The van der Waals surface area contributed by atoms with Gasteiger partial charge < -0.3 is 5.11 Å². The minimum Gasteiger partial charge on any atom is -0.392 e. The van der Waals surface area contributed by atoms with Crippen molar-refractivity contribution in [2.45, 2.75) is 23.8 Å². The molecule has 1 aliphatic rings. The highest BCUT2D eigenvalue weighted by molar-refractivity contribution is 9.10. The largest absolute Gasteiger partial charge is 0.392 e. The van der Waals surface area contributed by atoms with Crippen LogP contribution in [-0.2, 0) is 10.0 Å². The Morgan fingerprint density at radius 1 is 1.44 bits per heavy atom. The van der Waals surface area contributed by atoms with Crippen LogP contribution in [-0.4, -0.2) is 37.0 Å². The highest BCUT2D eigenvalue weighted by Crippen LogP contribution is 2.25. The van der Waals surface area contributed by atoms with Crippen LogP contribution in [0.3, 0.4) is 0 Å². The van der Waals surface area contributed by atoms with Gasteiger partial charge in [-0.15, -0.1) is 0 Å². The zero-order valence-electron chi connectivity index (χ0n) is 9.51. The van der Waals surface area contributed by atoms with E-state index in [2.05, 4.69) is 15.9 Å². The average Bonchev–Trinajstić information content (AvgIpc) is 2.28. The van der Waals surface area contributed by atoms with E-state index in [0.717, 1.165) is 10.4 Å². The van der Waals surface area contributed by atoms with E-state index in [1.165, 1.54) is 12.1 Å². The zero-order valence-corrected chi connectivity index (χ0v) is 11.9. The molecule has 0 bridgehead atoms. The number of halogens is 2. The Morgan fingerprint density at radius 3 is 2.78 bits per heavy atom. The molecule has 0 radical (unpaired) electrons. The van der Waals surface area contributed by atoms with E-state index in [-0.39, 0.29) is 11.4 Å². The summed E-state index contributed by atoms with van der Waals surface area (Å²) in [4.78, 5) is -0.347. The van der Waals surface area contributed by atoms with Crippen molar-refractivity contribution < 1.29 is 17.9 Å². The second kappa shape index (κ2) is 5.24. The van der Waals surface area contributed by atoms with Crippen molar-refractivity contribution in [3.05, 3.63) is 28.5 Å². The number of sulfonamides is 1. The molecule has 1 atom stereocenters. The van der Waals surface area contributed by atoms with E-state index in [4.69, 9.17) is 0 Å². The van der Waals surface area contributed by atoms with Crippen LogP contribution in [0.1, 0.15) is 12.8 Å². The number of nitrogens with zero attached hydrogens (tertiary/aromatic N) is 1. The predicted molar refractivity (Wildman–Crippen MR) is 68.1 cm³/mol. The maximum absolute atomic E-state index is 13.7. The molecule has 0 aromatic heterocycles. The first-order valence-corrected chi connectivity index (χ1v) is 7.78. The van der Waals surface area contributed by atoms with Crippen molar-refractivity contribution in [3.8, 4) is 0 Å². The predicted octanol–water partition coefficient (Wildman–Crippen LogP) is 1.73. The summed E-state index contributed by atoms with van der Waals surface area (Å²) in [6, 6.07) is 3.83. The molecule has 0 saturated carbocycles. The van der Waals surface area contributed by atoms with Crippen LogP contribution in [0, 0.1) is 5.82 Å². The minimum atomic E-state index is -3.86. The van der Waals surface area contributed by atoms with E-state index in [9.17, 15) is 17.9 Å². The van der Waals surface area contributed by atoms with Gasteiger partial charge in [0.2, 0.25) is 10.0 Å². The van der Waals surface area contributed by atoms with E-state index in [1.54, 1.807) is 0 Å². The molecular formula is C11H13BrFNO3S. The highest BCUT2D eigenvalue weighted by Gasteiger charge is 2.31. The van der Waals surface area contributed by atoms with Gasteiger partial charge in [0, 0.05) is 17.6 Å². The lowest BCUT2D eigenvalue weighted by Crippen LogP contribution is -2.42. The lowest BCUT2D eigenvalue weighted by Gasteiger charge is -2.29. The smallest absolute Gasteiger partial charge is 0.246 e. The Labute approximate surface area is 114 Å². The summed E-state index contributed by atoms with van der Waals surface area (Å²) in [6.45, 7) is 0.340. The van der Waals surface area contributed by atoms with E-state index in [1.807, 2.05) is 0 Å². The number of aliphatic hydroxyl groups is 1. The van der Waals surface area contributed by atoms with E-state index >= 15 is 0 Å². The third-order valence-corrected chi connectivity index (χ3v) is 5.26. The van der Waals surface area contributed by atoms with Gasteiger partial charge in [0.25, 0.3) is 0 Å². The summed E-state index contributed by atoms with van der Waals surface area (Å²) in [6.07, 6.45) is 0.486. The summed E-state index contributed by atoms with van der Waals surface area (Å²) in [5, 5.41) is 9.50. The Morgan fingerprint density at radius 2 is 2.17 bits per heavy atom. The quantitative estimate of drug-likeness (QED) is 0.894. The van der Waals surface area contributed by atoms with Crippen LogP contribution < -0.4 is 0 Å².